The van der Waals surface area contributed by atoms with E-state index in [-0.39, 0.29) is 11.6 Å². The van der Waals surface area contributed by atoms with Crippen LogP contribution in [0.4, 0.5) is 10.1 Å². The second kappa shape index (κ2) is 5.17. The molecule has 18 heavy (non-hydrogen) atoms. The highest BCUT2D eigenvalue weighted by atomic mass is 19.1. The summed E-state index contributed by atoms with van der Waals surface area (Å²) in [6.45, 7) is 0. The molecular weight excluding hydrogens is 239 g/mol. The molecule has 7 heteroatoms. The van der Waals surface area contributed by atoms with Crippen LogP contribution in [0.15, 0.2) is 30.9 Å². The lowest BCUT2D eigenvalue weighted by Gasteiger charge is -2.04. The summed E-state index contributed by atoms with van der Waals surface area (Å²) >= 11 is 0. The number of rotatable bonds is 3. The molecule has 0 saturated heterocycles. The Kier molecular flexibility index (Phi) is 3.42. The smallest absolute Gasteiger partial charge is 0.316 e. The fourth-order valence-corrected chi connectivity index (χ4v) is 1.23. The fraction of sp³-hybridized carbons (Fsp3) is 0.0909. The monoisotopic (exact) mass is 248 g/mol. The molecule has 0 aromatic carbocycles. The van der Waals surface area contributed by atoms with Crippen molar-refractivity contribution >= 4 is 11.6 Å². The van der Waals surface area contributed by atoms with Gasteiger partial charge in [-0.2, -0.15) is 0 Å². The number of aromatic nitrogens is 3. The third-order valence-electron chi connectivity index (χ3n) is 2.04. The Bertz CT molecular complexity index is 559. The van der Waals surface area contributed by atoms with E-state index in [2.05, 4.69) is 20.3 Å². The minimum absolute atomic E-state index is 0.116. The quantitative estimate of drug-likeness (QED) is 0.885. The Morgan fingerprint density at radius 3 is 2.61 bits per heavy atom. The van der Waals surface area contributed by atoms with Crippen LogP contribution < -0.4 is 10.1 Å². The van der Waals surface area contributed by atoms with E-state index in [1.807, 2.05) is 0 Å². The molecule has 0 aliphatic heterocycles. The summed E-state index contributed by atoms with van der Waals surface area (Å²) in [5, 5.41) is 2.51. The molecule has 2 aromatic rings. The molecule has 0 bridgehead atoms. The van der Waals surface area contributed by atoms with Crippen molar-refractivity contribution in [2.24, 2.45) is 0 Å². The summed E-state index contributed by atoms with van der Waals surface area (Å²) in [6, 6.07) is 1.28. The van der Waals surface area contributed by atoms with Gasteiger partial charge in [0.05, 0.1) is 37.0 Å². The van der Waals surface area contributed by atoms with Crippen LogP contribution in [0.5, 0.6) is 6.01 Å². The number of methoxy groups -OCH3 is 1. The molecule has 2 heterocycles. The van der Waals surface area contributed by atoms with E-state index < -0.39 is 11.7 Å². The van der Waals surface area contributed by atoms with Crippen LogP contribution in [-0.4, -0.2) is 28.0 Å². The zero-order valence-electron chi connectivity index (χ0n) is 9.42. The number of ether oxygens (including phenoxy) is 1. The molecule has 1 N–H and O–H groups in total. The molecule has 0 atom stereocenters. The van der Waals surface area contributed by atoms with Crippen molar-refractivity contribution in [2.75, 3.05) is 12.4 Å². The molecule has 0 aliphatic rings. The van der Waals surface area contributed by atoms with Crippen molar-refractivity contribution in [1.29, 1.82) is 0 Å². The average Bonchev–Trinajstić information content (AvgIpc) is 2.39. The maximum Gasteiger partial charge on any atom is 0.316 e. The van der Waals surface area contributed by atoms with Crippen LogP contribution in [-0.2, 0) is 0 Å². The van der Waals surface area contributed by atoms with E-state index in [4.69, 9.17) is 4.74 Å². The number of nitrogens with zero attached hydrogens (tertiary/aromatic N) is 3. The van der Waals surface area contributed by atoms with Gasteiger partial charge >= 0.3 is 6.01 Å². The molecule has 2 rings (SSSR count). The van der Waals surface area contributed by atoms with E-state index in [1.165, 1.54) is 25.7 Å². The van der Waals surface area contributed by atoms with Crippen LogP contribution >= 0.6 is 0 Å². The van der Waals surface area contributed by atoms with Gasteiger partial charge in [0, 0.05) is 6.20 Å². The Morgan fingerprint density at radius 1 is 1.28 bits per heavy atom. The number of hydrogen-bond donors (Lipinski definition) is 1. The zero-order valence-corrected chi connectivity index (χ0v) is 9.42. The second-order valence-corrected chi connectivity index (χ2v) is 3.30. The van der Waals surface area contributed by atoms with E-state index in [1.54, 1.807) is 0 Å². The minimum Gasteiger partial charge on any atom is -0.467 e. The first-order valence-corrected chi connectivity index (χ1v) is 4.97. The maximum atomic E-state index is 12.9. The summed E-state index contributed by atoms with van der Waals surface area (Å²) in [6.07, 6.45) is 5.06. The third-order valence-corrected chi connectivity index (χ3v) is 2.04. The largest absolute Gasteiger partial charge is 0.467 e. The van der Waals surface area contributed by atoms with Gasteiger partial charge in [0.25, 0.3) is 5.91 Å². The minimum atomic E-state index is -0.575. The molecule has 0 unspecified atom stereocenters. The number of halogens is 1. The molecular formula is C11H9FN4O2. The van der Waals surface area contributed by atoms with Crippen LogP contribution in [0.25, 0.3) is 0 Å². The number of amides is 1. The summed E-state index contributed by atoms with van der Waals surface area (Å²) in [5.41, 5.74) is 0.496. The summed E-state index contributed by atoms with van der Waals surface area (Å²) in [5.74, 6) is -1.07. The molecule has 0 spiro atoms. The highest BCUT2D eigenvalue weighted by Crippen LogP contribution is 2.09. The molecule has 0 fully saturated rings. The van der Waals surface area contributed by atoms with Gasteiger partial charge in [-0.25, -0.2) is 14.4 Å². The predicted octanol–water partition coefficient (Wildman–Crippen LogP) is 1.27. The van der Waals surface area contributed by atoms with E-state index in [0.29, 0.717) is 5.69 Å². The van der Waals surface area contributed by atoms with Crippen molar-refractivity contribution in [3.63, 3.8) is 0 Å². The first kappa shape index (κ1) is 11.9. The average molecular weight is 248 g/mol. The van der Waals surface area contributed by atoms with Gasteiger partial charge in [0.15, 0.2) is 0 Å². The summed E-state index contributed by atoms with van der Waals surface area (Å²) in [4.78, 5) is 23.0. The molecule has 2 aromatic heterocycles. The number of pyridine rings is 1. The van der Waals surface area contributed by atoms with Crippen molar-refractivity contribution in [3.05, 3.63) is 42.2 Å². The molecule has 1 amide bonds. The first-order valence-electron chi connectivity index (χ1n) is 4.97. The van der Waals surface area contributed by atoms with Gasteiger partial charge in [-0.05, 0) is 6.07 Å². The van der Waals surface area contributed by atoms with Gasteiger partial charge < -0.3 is 10.1 Å². The van der Waals surface area contributed by atoms with E-state index in [0.717, 1.165) is 12.3 Å². The van der Waals surface area contributed by atoms with Gasteiger partial charge in [0.2, 0.25) is 0 Å². The predicted molar refractivity (Wildman–Crippen MR) is 60.7 cm³/mol. The van der Waals surface area contributed by atoms with Crippen LogP contribution in [0.1, 0.15) is 10.4 Å². The molecule has 0 radical (unpaired) electrons. The molecule has 0 aliphatic carbocycles. The first-order chi connectivity index (χ1) is 8.69. The lowest BCUT2D eigenvalue weighted by atomic mass is 10.2. The van der Waals surface area contributed by atoms with Gasteiger partial charge in [0.1, 0.15) is 5.82 Å². The Hall–Kier alpha value is -2.57. The Morgan fingerprint density at radius 2 is 2.00 bits per heavy atom. The number of anilines is 1. The molecule has 92 valence electrons. The summed E-state index contributed by atoms with van der Waals surface area (Å²) < 4.78 is 17.7. The van der Waals surface area contributed by atoms with Crippen molar-refractivity contribution in [3.8, 4) is 6.01 Å². The van der Waals surface area contributed by atoms with Crippen molar-refractivity contribution < 1.29 is 13.9 Å². The van der Waals surface area contributed by atoms with Crippen LogP contribution in [0.2, 0.25) is 0 Å². The highest BCUT2D eigenvalue weighted by molar-refractivity contribution is 6.03. The number of carbonyl (C=O) groups is 1. The van der Waals surface area contributed by atoms with E-state index >= 15 is 0 Å². The lowest BCUT2D eigenvalue weighted by Crippen LogP contribution is -2.13. The fourth-order valence-electron chi connectivity index (χ4n) is 1.23. The highest BCUT2D eigenvalue weighted by Gasteiger charge is 2.08. The van der Waals surface area contributed by atoms with Gasteiger partial charge in [-0.1, -0.05) is 0 Å². The molecule has 6 nitrogen and oxygen atoms in total. The Balaban J connectivity index is 2.11. The van der Waals surface area contributed by atoms with Crippen LogP contribution in [0.3, 0.4) is 0 Å². The third kappa shape index (κ3) is 2.76. The lowest BCUT2D eigenvalue weighted by molar-refractivity contribution is 0.102. The summed E-state index contributed by atoms with van der Waals surface area (Å²) in [7, 11) is 1.44. The van der Waals surface area contributed by atoms with Gasteiger partial charge in [-0.15, -0.1) is 0 Å². The van der Waals surface area contributed by atoms with Gasteiger partial charge in [-0.3, -0.25) is 9.78 Å². The standard InChI is InChI=1S/C11H9FN4O2/c1-18-11-14-5-9(6-15-11)16-10(17)7-2-8(12)4-13-3-7/h2-6H,1H3,(H,16,17). The number of nitrogens with one attached hydrogen (secondary N) is 1. The van der Waals surface area contributed by atoms with Crippen molar-refractivity contribution in [2.45, 2.75) is 0 Å². The van der Waals surface area contributed by atoms with Crippen LogP contribution in [0, 0.1) is 5.82 Å². The SMILES string of the molecule is COc1ncc(NC(=O)c2cncc(F)c2)cn1. The maximum absolute atomic E-state index is 12.9. The number of carbonyl (C=O) groups excluding carboxylic acids is 1. The zero-order chi connectivity index (χ0) is 13.0. The normalized spacial score (nSPS) is 9.89. The second-order valence-electron chi connectivity index (χ2n) is 3.30. The van der Waals surface area contributed by atoms with Crippen molar-refractivity contribution in [1.82, 2.24) is 15.0 Å². The topological polar surface area (TPSA) is 77.0 Å². The number of hydrogen-bond acceptors (Lipinski definition) is 5. The van der Waals surface area contributed by atoms with E-state index in [9.17, 15) is 9.18 Å². The molecule has 0 saturated carbocycles. The Labute approximate surface area is 102 Å².